The third-order valence-corrected chi connectivity index (χ3v) is 8.14. The molecule has 2 amide bonds. The van der Waals surface area contributed by atoms with Crippen molar-refractivity contribution >= 4 is 28.7 Å². The molecule has 1 unspecified atom stereocenters. The average Bonchev–Trinajstić information content (AvgIpc) is 3.20. The molecular formula is C29H38N4O6. The first-order valence-electron chi connectivity index (χ1n) is 13.7. The van der Waals surface area contributed by atoms with E-state index in [4.69, 9.17) is 15.2 Å². The average molecular weight is 539 g/mol. The van der Waals surface area contributed by atoms with Gasteiger partial charge in [-0.1, -0.05) is 26.7 Å². The van der Waals surface area contributed by atoms with Crippen LogP contribution in [0.3, 0.4) is 0 Å². The molecule has 1 saturated heterocycles. The van der Waals surface area contributed by atoms with E-state index in [9.17, 15) is 24.8 Å². The minimum absolute atomic E-state index is 0.00261. The Kier molecular flexibility index (Phi) is 8.50. The predicted octanol–water partition coefficient (Wildman–Crippen LogP) is 3.40. The van der Waals surface area contributed by atoms with Crippen molar-refractivity contribution in [2.24, 2.45) is 24.6 Å². The lowest BCUT2D eigenvalue weighted by molar-refractivity contribution is -0.137. The number of nitriles is 1. The second-order valence-electron chi connectivity index (χ2n) is 11.2. The molecule has 2 aliphatic rings. The first-order valence-corrected chi connectivity index (χ1v) is 13.7. The van der Waals surface area contributed by atoms with Gasteiger partial charge in [-0.15, -0.1) is 0 Å². The third kappa shape index (κ3) is 5.46. The number of carbonyl (C=O) groups is 3. The second kappa shape index (κ2) is 11.7. The zero-order valence-electron chi connectivity index (χ0n) is 22.9. The van der Waals surface area contributed by atoms with E-state index in [-0.39, 0.29) is 29.7 Å². The molecule has 0 radical (unpaired) electrons. The van der Waals surface area contributed by atoms with Gasteiger partial charge in [0.15, 0.2) is 0 Å². The summed E-state index contributed by atoms with van der Waals surface area (Å²) < 4.78 is 13.1. The summed E-state index contributed by atoms with van der Waals surface area (Å²) in [4.78, 5) is 39.8. The molecule has 1 aromatic heterocycles. The van der Waals surface area contributed by atoms with Crippen molar-refractivity contribution in [1.29, 1.82) is 5.26 Å². The lowest BCUT2D eigenvalue weighted by Crippen LogP contribution is -2.56. The van der Waals surface area contributed by atoms with Crippen molar-refractivity contribution < 1.29 is 29.0 Å². The number of ether oxygens (including phenoxy) is 2. The lowest BCUT2D eigenvalue weighted by Gasteiger charge is -2.41. The minimum Gasteiger partial charge on any atom is -0.490 e. The van der Waals surface area contributed by atoms with Gasteiger partial charge in [-0.25, -0.2) is 4.79 Å². The molecule has 3 atom stereocenters. The summed E-state index contributed by atoms with van der Waals surface area (Å²) in [5.41, 5.74) is 5.32. The number of primary amides is 1. The fraction of sp³-hybridized carbons (Fsp3) is 0.586. The van der Waals surface area contributed by atoms with Gasteiger partial charge in [0.25, 0.3) is 0 Å². The maximum atomic E-state index is 13.7. The number of aromatic carboxylic acids is 1. The van der Waals surface area contributed by atoms with Crippen LogP contribution in [0.1, 0.15) is 74.8 Å². The number of carboxylic acid groups (broad SMARTS) is 1. The van der Waals surface area contributed by atoms with Gasteiger partial charge >= 0.3 is 5.97 Å². The van der Waals surface area contributed by atoms with Gasteiger partial charge in [-0.3, -0.25) is 9.59 Å². The normalized spacial score (nSPS) is 22.8. The molecule has 2 aromatic rings. The molecule has 1 aliphatic heterocycles. The van der Waals surface area contributed by atoms with Crippen molar-refractivity contribution in [3.63, 3.8) is 0 Å². The maximum absolute atomic E-state index is 13.7. The molecule has 10 heteroatoms. The van der Waals surface area contributed by atoms with Crippen LogP contribution >= 0.6 is 0 Å². The van der Waals surface area contributed by atoms with Crippen LogP contribution in [0, 0.1) is 23.2 Å². The quantitative estimate of drug-likeness (QED) is 0.442. The van der Waals surface area contributed by atoms with E-state index < -0.39 is 35.2 Å². The zero-order chi connectivity index (χ0) is 28.3. The molecule has 2 heterocycles. The van der Waals surface area contributed by atoms with E-state index in [1.54, 1.807) is 25.2 Å². The molecule has 1 saturated carbocycles. The van der Waals surface area contributed by atoms with Crippen LogP contribution < -0.4 is 15.8 Å². The molecule has 0 spiro atoms. The highest BCUT2D eigenvalue weighted by atomic mass is 16.5. The van der Waals surface area contributed by atoms with Gasteiger partial charge < -0.3 is 30.2 Å². The number of fused-ring (bicyclic) bond motifs is 1. The van der Waals surface area contributed by atoms with E-state index in [0.29, 0.717) is 55.5 Å². The summed E-state index contributed by atoms with van der Waals surface area (Å²) >= 11 is 0. The van der Waals surface area contributed by atoms with E-state index in [0.717, 1.165) is 12.8 Å². The monoisotopic (exact) mass is 538 g/mol. The number of hydrogen-bond acceptors (Lipinski definition) is 6. The lowest BCUT2D eigenvalue weighted by atomic mass is 9.60. The Balaban J connectivity index is 1.83. The number of rotatable bonds is 9. The summed E-state index contributed by atoms with van der Waals surface area (Å²) in [7, 11) is 1.63. The highest BCUT2D eigenvalue weighted by Crippen LogP contribution is 2.49. The summed E-state index contributed by atoms with van der Waals surface area (Å²) in [6.07, 6.45) is 3.88. The Morgan fingerprint density at radius 2 is 1.97 bits per heavy atom. The van der Waals surface area contributed by atoms with E-state index in [2.05, 4.69) is 11.4 Å². The van der Waals surface area contributed by atoms with Crippen molar-refractivity contribution in [1.82, 2.24) is 9.88 Å². The number of carboxylic acids is 1. The van der Waals surface area contributed by atoms with Crippen LogP contribution in [-0.4, -0.2) is 52.8 Å². The molecule has 2 fully saturated rings. The number of amides is 2. The summed E-state index contributed by atoms with van der Waals surface area (Å²) in [6, 6.07) is 6.73. The third-order valence-electron chi connectivity index (χ3n) is 8.14. The van der Waals surface area contributed by atoms with Gasteiger partial charge in [-0.2, -0.15) is 5.26 Å². The number of nitrogens with zero attached hydrogens (tertiary/aromatic N) is 2. The van der Waals surface area contributed by atoms with Crippen molar-refractivity contribution in [2.45, 2.75) is 76.4 Å². The summed E-state index contributed by atoms with van der Waals surface area (Å²) in [5, 5.41) is 23.3. The van der Waals surface area contributed by atoms with Crippen LogP contribution in [0.25, 0.3) is 10.9 Å². The highest BCUT2D eigenvalue weighted by molar-refractivity contribution is 6.06. The Hall–Kier alpha value is -3.58. The maximum Gasteiger partial charge on any atom is 0.352 e. The number of nitrogens with two attached hydrogens (primary N) is 1. The Labute approximate surface area is 228 Å². The number of aromatic nitrogens is 1. The van der Waals surface area contributed by atoms with Crippen LogP contribution in [0.15, 0.2) is 18.2 Å². The van der Waals surface area contributed by atoms with Crippen LogP contribution in [0.4, 0.5) is 0 Å². The molecule has 210 valence electrons. The number of carbonyl (C=O) groups excluding carboxylic acids is 2. The number of aryl methyl sites for hydroxylation is 1. The predicted molar refractivity (Wildman–Crippen MR) is 144 cm³/mol. The van der Waals surface area contributed by atoms with Crippen molar-refractivity contribution in [3.05, 3.63) is 29.5 Å². The van der Waals surface area contributed by atoms with Crippen LogP contribution in [-0.2, 0) is 26.8 Å². The fourth-order valence-electron chi connectivity index (χ4n) is 6.31. The van der Waals surface area contributed by atoms with Crippen molar-refractivity contribution in [3.8, 4) is 11.8 Å². The number of benzene rings is 1. The smallest absolute Gasteiger partial charge is 0.352 e. The first kappa shape index (κ1) is 28.4. The molecule has 10 nitrogen and oxygen atoms in total. The van der Waals surface area contributed by atoms with Gasteiger partial charge in [0.05, 0.1) is 36.1 Å². The Bertz CT molecular complexity index is 1290. The SMILES string of the molecule is CC(C)CC(C#N)NC(=O)[C@@H]1CCCC[C@@]1(C(N)=O)c1c(C(=O)O)n(C)c2cc(OC3CCOCC3)ccc12. The molecular weight excluding hydrogens is 500 g/mol. The molecule has 1 aliphatic carbocycles. The second-order valence-corrected chi connectivity index (χ2v) is 11.2. The molecule has 1 aromatic carbocycles. The zero-order valence-corrected chi connectivity index (χ0v) is 22.9. The summed E-state index contributed by atoms with van der Waals surface area (Å²) in [5.74, 6) is -2.54. The van der Waals surface area contributed by atoms with Gasteiger partial charge in [0.2, 0.25) is 11.8 Å². The number of hydrogen-bond donors (Lipinski definition) is 3. The standard InChI is InChI=1S/C29H38N4O6/c1-17(2)14-18(16-30)32-26(34)22-6-4-5-11-29(22,28(31)37)24-21-8-7-20(39-19-9-12-38-13-10-19)15-23(21)33(3)25(24)27(35)36/h7-8,15,17-19,22H,4-6,9-14H2,1-3H3,(H2,31,37)(H,32,34)(H,35,36)/t18?,22-,29-/m0/s1. The molecule has 4 N–H and O–H groups in total. The summed E-state index contributed by atoms with van der Waals surface area (Å²) in [6.45, 7) is 5.16. The van der Waals surface area contributed by atoms with Crippen LogP contribution in [0.5, 0.6) is 5.75 Å². The van der Waals surface area contributed by atoms with Crippen molar-refractivity contribution in [2.75, 3.05) is 13.2 Å². The van der Waals surface area contributed by atoms with E-state index in [1.165, 1.54) is 4.57 Å². The van der Waals surface area contributed by atoms with E-state index in [1.807, 2.05) is 13.8 Å². The Morgan fingerprint density at radius 1 is 1.26 bits per heavy atom. The minimum atomic E-state index is -1.55. The largest absolute Gasteiger partial charge is 0.490 e. The first-order chi connectivity index (χ1) is 18.6. The fourth-order valence-corrected chi connectivity index (χ4v) is 6.31. The van der Waals surface area contributed by atoms with E-state index >= 15 is 0 Å². The van der Waals surface area contributed by atoms with Gasteiger partial charge in [0.1, 0.15) is 23.6 Å². The topological polar surface area (TPSA) is 157 Å². The van der Waals surface area contributed by atoms with Gasteiger partial charge in [-0.05, 0) is 37.3 Å². The highest BCUT2D eigenvalue weighted by Gasteiger charge is 2.54. The molecule has 39 heavy (non-hydrogen) atoms. The Morgan fingerprint density at radius 3 is 2.59 bits per heavy atom. The van der Waals surface area contributed by atoms with Gasteiger partial charge in [0, 0.05) is 36.9 Å². The van der Waals surface area contributed by atoms with Crippen LogP contribution in [0.2, 0.25) is 0 Å². The molecule has 4 rings (SSSR count). The molecule has 0 bridgehead atoms. The number of nitrogens with one attached hydrogen (secondary N) is 1.